The minimum atomic E-state index is -0.997. The van der Waals surface area contributed by atoms with Gasteiger partial charge in [0.2, 0.25) is 11.8 Å². The van der Waals surface area contributed by atoms with Crippen LogP contribution in [0.4, 0.5) is 0 Å². The molecule has 0 aromatic carbocycles. The summed E-state index contributed by atoms with van der Waals surface area (Å²) in [6, 6.07) is -1.20. The third-order valence-corrected chi connectivity index (χ3v) is 6.09. The zero-order valence-electron chi connectivity index (χ0n) is 19.1. The Kier molecular flexibility index (Phi) is 9.83. The van der Waals surface area contributed by atoms with Gasteiger partial charge in [0.15, 0.2) is 0 Å². The summed E-state index contributed by atoms with van der Waals surface area (Å²) in [5.74, 6) is -1.27. The lowest BCUT2D eigenvalue weighted by Crippen LogP contribution is -2.57. The molecular formula is C22H39N3O4. The second kappa shape index (κ2) is 11.3. The molecule has 1 unspecified atom stereocenters. The molecule has 7 nitrogen and oxygen atoms in total. The first-order chi connectivity index (χ1) is 13.5. The number of rotatable bonds is 9. The number of amides is 2. The van der Waals surface area contributed by atoms with Crippen molar-refractivity contribution in [2.24, 2.45) is 11.8 Å². The Hall–Kier alpha value is -1.89. The number of nitrogens with zero attached hydrogens (tertiary/aromatic N) is 2. The Morgan fingerprint density at radius 3 is 2.34 bits per heavy atom. The van der Waals surface area contributed by atoms with Crippen LogP contribution in [0.3, 0.4) is 0 Å². The standard InChI is InChI=1S/C22H39N3O4/c1-8-15(4)19(23-20(26)17-11-9-10-12-24(17)6)21(27)25(7)18(14(2)3)13-16(5)22(28)29/h13-15,17-19H,8-12H2,1-7H3,(H,23,26)(H,28,29)/b16-13+/t15-,17+,18+,19?/m0/s1. The molecule has 166 valence electrons. The summed E-state index contributed by atoms with van der Waals surface area (Å²) in [6.07, 6.45) is 5.27. The maximum absolute atomic E-state index is 13.4. The first-order valence-electron chi connectivity index (χ1n) is 10.7. The predicted molar refractivity (Wildman–Crippen MR) is 114 cm³/mol. The lowest BCUT2D eigenvalue weighted by atomic mass is 9.94. The molecule has 7 heteroatoms. The Labute approximate surface area is 175 Å². The summed E-state index contributed by atoms with van der Waals surface area (Å²) in [6.45, 7) is 10.3. The molecule has 1 saturated heterocycles. The molecule has 2 amide bonds. The van der Waals surface area contributed by atoms with Crippen molar-refractivity contribution >= 4 is 17.8 Å². The van der Waals surface area contributed by atoms with E-state index in [1.165, 1.54) is 6.92 Å². The molecule has 2 N–H and O–H groups in total. The predicted octanol–water partition coefficient (Wildman–Crippen LogP) is 2.52. The van der Waals surface area contributed by atoms with Crippen LogP contribution in [0.1, 0.15) is 60.3 Å². The van der Waals surface area contributed by atoms with E-state index in [0.29, 0.717) is 0 Å². The largest absolute Gasteiger partial charge is 0.478 e. The molecule has 1 aliphatic rings. The van der Waals surface area contributed by atoms with Gasteiger partial charge in [0.25, 0.3) is 0 Å². The third kappa shape index (κ3) is 6.84. The van der Waals surface area contributed by atoms with Gasteiger partial charge in [-0.15, -0.1) is 0 Å². The summed E-state index contributed by atoms with van der Waals surface area (Å²) in [7, 11) is 3.64. The molecule has 4 atom stereocenters. The van der Waals surface area contributed by atoms with Gasteiger partial charge < -0.3 is 15.3 Å². The highest BCUT2D eigenvalue weighted by molar-refractivity contribution is 5.90. The van der Waals surface area contributed by atoms with Gasteiger partial charge in [0.1, 0.15) is 6.04 Å². The average Bonchev–Trinajstić information content (AvgIpc) is 2.68. The van der Waals surface area contributed by atoms with Crippen LogP contribution in [0.2, 0.25) is 0 Å². The van der Waals surface area contributed by atoms with Crippen molar-refractivity contribution in [3.63, 3.8) is 0 Å². The van der Waals surface area contributed by atoms with Gasteiger partial charge in [-0.1, -0.05) is 46.6 Å². The number of likely N-dealkylation sites (tertiary alicyclic amines) is 1. The van der Waals surface area contributed by atoms with Crippen LogP contribution in [0.5, 0.6) is 0 Å². The number of piperidine rings is 1. The van der Waals surface area contributed by atoms with Crippen LogP contribution in [-0.4, -0.2) is 71.5 Å². The first-order valence-corrected chi connectivity index (χ1v) is 10.7. The zero-order valence-corrected chi connectivity index (χ0v) is 19.1. The molecule has 1 aliphatic heterocycles. The van der Waals surface area contributed by atoms with E-state index in [0.717, 1.165) is 32.2 Å². The molecule has 0 saturated carbocycles. The van der Waals surface area contributed by atoms with Gasteiger partial charge in [-0.25, -0.2) is 4.79 Å². The monoisotopic (exact) mass is 409 g/mol. The van der Waals surface area contributed by atoms with Crippen LogP contribution < -0.4 is 5.32 Å². The molecule has 0 aromatic rings. The van der Waals surface area contributed by atoms with Crippen molar-refractivity contribution in [2.75, 3.05) is 20.6 Å². The highest BCUT2D eigenvalue weighted by Gasteiger charge is 2.35. The van der Waals surface area contributed by atoms with Crippen molar-refractivity contribution in [3.8, 4) is 0 Å². The van der Waals surface area contributed by atoms with E-state index in [4.69, 9.17) is 0 Å². The number of likely N-dealkylation sites (N-methyl/N-ethyl adjacent to an activating group) is 2. The van der Waals surface area contributed by atoms with Crippen molar-refractivity contribution < 1.29 is 19.5 Å². The number of carbonyl (C=O) groups excluding carboxylic acids is 2. The topological polar surface area (TPSA) is 90.0 Å². The van der Waals surface area contributed by atoms with Crippen molar-refractivity contribution in [1.29, 1.82) is 0 Å². The van der Waals surface area contributed by atoms with Crippen LogP contribution in [-0.2, 0) is 14.4 Å². The van der Waals surface area contributed by atoms with Crippen LogP contribution in [0.25, 0.3) is 0 Å². The maximum atomic E-state index is 13.4. The minimum absolute atomic E-state index is 0.0276. The molecule has 1 fully saturated rings. The Morgan fingerprint density at radius 1 is 1.24 bits per heavy atom. The summed E-state index contributed by atoms with van der Waals surface area (Å²) in [5.41, 5.74) is 0.205. The molecular weight excluding hydrogens is 370 g/mol. The van der Waals surface area contributed by atoms with Crippen LogP contribution in [0, 0.1) is 11.8 Å². The lowest BCUT2D eigenvalue weighted by Gasteiger charge is -2.36. The SMILES string of the molecule is CC[C@H](C)C(NC(=O)[C@H]1CCCCN1C)C(=O)N(C)[C@H](/C=C(\C)C(=O)O)C(C)C. The summed E-state index contributed by atoms with van der Waals surface area (Å²) in [5, 5.41) is 12.2. The highest BCUT2D eigenvalue weighted by Crippen LogP contribution is 2.20. The zero-order chi connectivity index (χ0) is 22.3. The number of nitrogens with one attached hydrogen (secondary N) is 1. The molecule has 1 rings (SSSR count). The van der Waals surface area contributed by atoms with Gasteiger partial charge in [0, 0.05) is 12.6 Å². The van der Waals surface area contributed by atoms with Crippen molar-refractivity contribution in [2.45, 2.75) is 78.4 Å². The molecule has 0 aliphatic carbocycles. The highest BCUT2D eigenvalue weighted by atomic mass is 16.4. The summed E-state index contributed by atoms with van der Waals surface area (Å²) < 4.78 is 0. The van der Waals surface area contributed by atoms with Gasteiger partial charge >= 0.3 is 5.97 Å². The smallest absolute Gasteiger partial charge is 0.331 e. The Bertz CT molecular complexity index is 617. The fraction of sp³-hybridized carbons (Fsp3) is 0.773. The maximum Gasteiger partial charge on any atom is 0.331 e. The number of carboxylic acids is 1. The molecule has 0 bridgehead atoms. The number of aliphatic carboxylic acids is 1. The second-order valence-corrected chi connectivity index (χ2v) is 8.70. The fourth-order valence-corrected chi connectivity index (χ4v) is 3.78. The van der Waals surface area contributed by atoms with E-state index >= 15 is 0 Å². The van der Waals surface area contributed by atoms with E-state index < -0.39 is 12.0 Å². The first kappa shape index (κ1) is 25.1. The number of carbonyl (C=O) groups is 3. The average molecular weight is 410 g/mol. The van der Waals surface area contributed by atoms with E-state index in [-0.39, 0.29) is 41.3 Å². The van der Waals surface area contributed by atoms with Crippen LogP contribution in [0.15, 0.2) is 11.6 Å². The van der Waals surface area contributed by atoms with Crippen molar-refractivity contribution in [1.82, 2.24) is 15.1 Å². The van der Waals surface area contributed by atoms with E-state index in [2.05, 4.69) is 10.2 Å². The fourth-order valence-electron chi connectivity index (χ4n) is 3.78. The quantitative estimate of drug-likeness (QED) is 0.571. The third-order valence-electron chi connectivity index (χ3n) is 6.09. The number of carboxylic acid groups (broad SMARTS) is 1. The van der Waals surface area contributed by atoms with Gasteiger partial charge in [-0.05, 0) is 45.2 Å². The van der Waals surface area contributed by atoms with Gasteiger partial charge in [-0.3, -0.25) is 14.5 Å². The van der Waals surface area contributed by atoms with Crippen molar-refractivity contribution in [3.05, 3.63) is 11.6 Å². The summed E-state index contributed by atoms with van der Waals surface area (Å²) in [4.78, 5) is 41.2. The molecule has 0 aromatic heterocycles. The summed E-state index contributed by atoms with van der Waals surface area (Å²) >= 11 is 0. The minimum Gasteiger partial charge on any atom is -0.478 e. The number of hydrogen-bond acceptors (Lipinski definition) is 4. The van der Waals surface area contributed by atoms with E-state index in [1.54, 1.807) is 18.0 Å². The van der Waals surface area contributed by atoms with Gasteiger partial charge in [-0.2, -0.15) is 0 Å². The molecule has 0 radical (unpaired) electrons. The second-order valence-electron chi connectivity index (χ2n) is 8.70. The van der Waals surface area contributed by atoms with E-state index in [9.17, 15) is 19.5 Å². The normalized spacial score (nSPS) is 21.4. The Balaban J connectivity index is 3.06. The Morgan fingerprint density at radius 2 is 1.86 bits per heavy atom. The molecule has 29 heavy (non-hydrogen) atoms. The number of hydrogen-bond donors (Lipinski definition) is 2. The molecule has 1 heterocycles. The van der Waals surface area contributed by atoms with E-state index in [1.807, 2.05) is 34.7 Å². The van der Waals surface area contributed by atoms with Gasteiger partial charge in [0.05, 0.1) is 12.1 Å². The molecule has 0 spiro atoms. The van der Waals surface area contributed by atoms with Crippen LogP contribution >= 0.6 is 0 Å². The lowest BCUT2D eigenvalue weighted by molar-refractivity contribution is -0.140.